The van der Waals surface area contributed by atoms with Gasteiger partial charge in [-0.2, -0.15) is 5.21 Å². The summed E-state index contributed by atoms with van der Waals surface area (Å²) in [5.41, 5.74) is 1.02. The number of carbonyl (C=O) groups is 1. The fourth-order valence-corrected chi connectivity index (χ4v) is 1.81. The highest BCUT2D eigenvalue weighted by atomic mass is 16.5. The van der Waals surface area contributed by atoms with Crippen molar-refractivity contribution in [2.75, 3.05) is 7.11 Å². The van der Waals surface area contributed by atoms with E-state index >= 15 is 0 Å². The van der Waals surface area contributed by atoms with Gasteiger partial charge in [0.2, 0.25) is 11.7 Å². The van der Waals surface area contributed by atoms with Gasteiger partial charge in [0.25, 0.3) is 0 Å². The van der Waals surface area contributed by atoms with Crippen LogP contribution < -0.4 is 4.74 Å². The Balaban J connectivity index is 1.86. The second kappa shape index (κ2) is 6.00. The number of nitrogens with one attached hydrogen (secondary N) is 1. The third kappa shape index (κ3) is 2.75. The zero-order valence-corrected chi connectivity index (χ0v) is 11.6. The smallest absolute Gasteiger partial charge is 0.339 e. The van der Waals surface area contributed by atoms with Crippen molar-refractivity contribution in [1.82, 2.24) is 25.6 Å². The van der Waals surface area contributed by atoms with E-state index in [-0.39, 0.29) is 0 Å². The van der Waals surface area contributed by atoms with Crippen molar-refractivity contribution in [2.24, 2.45) is 0 Å². The first kappa shape index (κ1) is 13.7. The molecule has 0 aliphatic heterocycles. The summed E-state index contributed by atoms with van der Waals surface area (Å²) < 4.78 is 10.3. The molecule has 0 aliphatic carbocycles. The van der Waals surface area contributed by atoms with E-state index in [1.807, 2.05) is 18.2 Å². The van der Waals surface area contributed by atoms with Crippen LogP contribution in [0.2, 0.25) is 0 Å². The standard InChI is InChI=1S/C14H11N5O3/c1-21-14(20)9-6-7-12(15-8-9)22-11-5-3-2-4-10(11)13-16-18-19-17-13/h2-8H,1H3,(H,16,17,18,19). The van der Waals surface area contributed by atoms with Crippen LogP contribution in [-0.4, -0.2) is 38.7 Å². The molecule has 3 aromatic rings. The molecular formula is C14H11N5O3. The number of ether oxygens (including phenoxy) is 2. The molecule has 110 valence electrons. The van der Waals surface area contributed by atoms with E-state index in [1.54, 1.807) is 18.2 Å². The van der Waals surface area contributed by atoms with Crippen LogP contribution in [0, 0.1) is 0 Å². The highest BCUT2D eigenvalue weighted by molar-refractivity contribution is 5.88. The largest absolute Gasteiger partial charge is 0.465 e. The Bertz CT molecular complexity index is 771. The number of tetrazole rings is 1. The highest BCUT2D eigenvalue weighted by Gasteiger charge is 2.12. The van der Waals surface area contributed by atoms with Crippen LogP contribution in [0.4, 0.5) is 0 Å². The molecule has 0 fully saturated rings. The van der Waals surface area contributed by atoms with Crippen molar-refractivity contribution in [2.45, 2.75) is 0 Å². The van der Waals surface area contributed by atoms with Gasteiger partial charge in [0.15, 0.2) is 0 Å². The number of H-pyrrole nitrogens is 1. The van der Waals surface area contributed by atoms with Crippen LogP contribution in [-0.2, 0) is 4.74 Å². The van der Waals surface area contributed by atoms with Gasteiger partial charge in [-0.15, -0.1) is 10.2 Å². The van der Waals surface area contributed by atoms with Crippen LogP contribution in [0.25, 0.3) is 11.4 Å². The van der Waals surface area contributed by atoms with Crippen molar-refractivity contribution in [1.29, 1.82) is 0 Å². The van der Waals surface area contributed by atoms with Crippen molar-refractivity contribution < 1.29 is 14.3 Å². The van der Waals surface area contributed by atoms with Gasteiger partial charge >= 0.3 is 5.97 Å². The summed E-state index contributed by atoms with van der Waals surface area (Å²) in [4.78, 5) is 15.4. The number of methoxy groups -OCH3 is 1. The van der Waals surface area contributed by atoms with Crippen LogP contribution in [0.5, 0.6) is 11.6 Å². The second-order valence-corrected chi connectivity index (χ2v) is 4.21. The number of carbonyl (C=O) groups excluding carboxylic acids is 1. The predicted octanol–water partition coefficient (Wildman–Crippen LogP) is 1.84. The van der Waals surface area contributed by atoms with E-state index in [2.05, 4.69) is 30.3 Å². The molecule has 0 radical (unpaired) electrons. The second-order valence-electron chi connectivity index (χ2n) is 4.21. The van der Waals surface area contributed by atoms with E-state index in [0.717, 1.165) is 0 Å². The number of esters is 1. The number of nitrogens with zero attached hydrogens (tertiary/aromatic N) is 4. The molecule has 8 nitrogen and oxygen atoms in total. The zero-order valence-electron chi connectivity index (χ0n) is 11.6. The van der Waals surface area contributed by atoms with E-state index in [1.165, 1.54) is 13.3 Å². The lowest BCUT2D eigenvalue weighted by Crippen LogP contribution is -2.01. The molecule has 0 bridgehead atoms. The van der Waals surface area contributed by atoms with Gasteiger partial charge in [-0.25, -0.2) is 9.78 Å². The lowest BCUT2D eigenvalue weighted by atomic mass is 10.2. The summed E-state index contributed by atoms with van der Waals surface area (Å²) in [5, 5.41) is 13.8. The van der Waals surface area contributed by atoms with Gasteiger partial charge in [0.1, 0.15) is 5.75 Å². The molecule has 0 spiro atoms. The quantitative estimate of drug-likeness (QED) is 0.733. The molecule has 0 atom stereocenters. The van der Waals surface area contributed by atoms with Gasteiger partial charge in [-0.1, -0.05) is 12.1 Å². The van der Waals surface area contributed by atoms with Gasteiger partial charge in [0.05, 0.1) is 18.2 Å². The fourth-order valence-electron chi connectivity index (χ4n) is 1.81. The van der Waals surface area contributed by atoms with Crippen molar-refractivity contribution in [3.05, 3.63) is 48.2 Å². The third-order valence-electron chi connectivity index (χ3n) is 2.85. The average Bonchev–Trinajstić information content (AvgIpc) is 3.10. The highest BCUT2D eigenvalue weighted by Crippen LogP contribution is 2.29. The summed E-state index contributed by atoms with van der Waals surface area (Å²) in [5.74, 6) is 0.832. The molecule has 3 rings (SSSR count). The van der Waals surface area contributed by atoms with Crippen LogP contribution >= 0.6 is 0 Å². The monoisotopic (exact) mass is 297 g/mol. The Morgan fingerprint density at radius 2 is 2.05 bits per heavy atom. The minimum absolute atomic E-state index is 0.337. The number of hydrogen-bond donors (Lipinski definition) is 1. The third-order valence-corrected chi connectivity index (χ3v) is 2.85. The fraction of sp³-hybridized carbons (Fsp3) is 0.0714. The molecule has 0 aliphatic rings. The lowest BCUT2D eigenvalue weighted by Gasteiger charge is -2.08. The van der Waals surface area contributed by atoms with Gasteiger partial charge in [-0.3, -0.25) is 0 Å². The van der Waals surface area contributed by atoms with Crippen molar-refractivity contribution in [3.63, 3.8) is 0 Å². The summed E-state index contributed by atoms with van der Waals surface area (Å²) in [6.07, 6.45) is 1.39. The van der Waals surface area contributed by atoms with Crippen LogP contribution in [0.1, 0.15) is 10.4 Å². The Morgan fingerprint density at radius 1 is 1.18 bits per heavy atom. The summed E-state index contributed by atoms with van der Waals surface area (Å²) >= 11 is 0. The average molecular weight is 297 g/mol. The molecule has 1 N–H and O–H groups in total. The summed E-state index contributed by atoms with van der Waals surface area (Å²) in [6, 6.07) is 10.4. The van der Waals surface area contributed by atoms with E-state index in [0.29, 0.717) is 28.6 Å². The molecule has 2 heterocycles. The van der Waals surface area contributed by atoms with Crippen LogP contribution in [0.3, 0.4) is 0 Å². The molecule has 0 saturated heterocycles. The Morgan fingerprint density at radius 3 is 2.73 bits per heavy atom. The minimum atomic E-state index is -0.453. The van der Waals surface area contributed by atoms with Gasteiger partial charge < -0.3 is 9.47 Å². The molecule has 0 unspecified atom stereocenters. The van der Waals surface area contributed by atoms with Crippen LogP contribution in [0.15, 0.2) is 42.6 Å². The normalized spacial score (nSPS) is 10.2. The maximum atomic E-state index is 11.4. The Hall–Kier alpha value is -3.29. The van der Waals surface area contributed by atoms with E-state index in [4.69, 9.17) is 4.74 Å². The number of benzene rings is 1. The molecule has 8 heteroatoms. The topological polar surface area (TPSA) is 103 Å². The summed E-state index contributed by atoms with van der Waals surface area (Å²) in [6.45, 7) is 0. The summed E-state index contributed by atoms with van der Waals surface area (Å²) in [7, 11) is 1.31. The Labute approximate surface area is 125 Å². The SMILES string of the molecule is COC(=O)c1ccc(Oc2ccccc2-c2nn[nH]n2)nc1. The maximum absolute atomic E-state index is 11.4. The molecule has 1 aromatic carbocycles. The van der Waals surface area contributed by atoms with Crippen molar-refractivity contribution in [3.8, 4) is 23.0 Å². The lowest BCUT2D eigenvalue weighted by molar-refractivity contribution is 0.0600. The number of para-hydroxylation sites is 1. The number of rotatable bonds is 4. The van der Waals surface area contributed by atoms with E-state index < -0.39 is 5.97 Å². The number of hydrogen-bond acceptors (Lipinski definition) is 7. The van der Waals surface area contributed by atoms with Gasteiger partial charge in [0, 0.05) is 12.3 Å². The van der Waals surface area contributed by atoms with E-state index in [9.17, 15) is 4.79 Å². The number of aromatic amines is 1. The molecule has 0 amide bonds. The Kier molecular flexibility index (Phi) is 3.73. The molecule has 0 saturated carbocycles. The minimum Gasteiger partial charge on any atom is -0.465 e. The van der Waals surface area contributed by atoms with Crippen molar-refractivity contribution >= 4 is 5.97 Å². The maximum Gasteiger partial charge on any atom is 0.339 e. The molecule has 2 aromatic heterocycles. The van der Waals surface area contributed by atoms with Gasteiger partial charge in [-0.05, 0) is 23.4 Å². The number of pyridine rings is 1. The molecule has 22 heavy (non-hydrogen) atoms. The number of aromatic nitrogens is 5. The first-order chi connectivity index (χ1) is 10.8. The first-order valence-corrected chi connectivity index (χ1v) is 6.33. The molecular weight excluding hydrogens is 286 g/mol. The predicted molar refractivity (Wildman–Crippen MR) is 75.3 cm³/mol. The zero-order chi connectivity index (χ0) is 15.4. The first-order valence-electron chi connectivity index (χ1n) is 6.33.